The Morgan fingerprint density at radius 1 is 1.34 bits per heavy atom. The van der Waals surface area contributed by atoms with Gasteiger partial charge in [-0.1, -0.05) is 26.0 Å². The number of hydrogen-bond acceptors (Lipinski definition) is 5. The minimum absolute atomic E-state index is 0.0848. The van der Waals surface area contributed by atoms with Crippen molar-refractivity contribution in [1.29, 1.82) is 0 Å². The van der Waals surface area contributed by atoms with Crippen molar-refractivity contribution in [3.63, 3.8) is 0 Å². The van der Waals surface area contributed by atoms with E-state index < -0.39 is 9.84 Å². The lowest BCUT2D eigenvalue weighted by molar-refractivity contribution is 0.0948. The molecule has 3 aromatic rings. The fourth-order valence-electron chi connectivity index (χ4n) is 3.72. The Hall–Kier alpha value is -2.68. The van der Waals surface area contributed by atoms with Crippen molar-refractivity contribution in [2.24, 2.45) is 0 Å². The number of imidazole rings is 1. The summed E-state index contributed by atoms with van der Waals surface area (Å²) in [5.74, 6) is 0.955. The van der Waals surface area contributed by atoms with Gasteiger partial charge < -0.3 is 10.3 Å². The van der Waals surface area contributed by atoms with Gasteiger partial charge in [-0.25, -0.2) is 13.4 Å². The van der Waals surface area contributed by atoms with E-state index in [1.54, 1.807) is 10.7 Å². The molecule has 29 heavy (non-hydrogen) atoms. The summed E-state index contributed by atoms with van der Waals surface area (Å²) in [6.45, 7) is 4.46. The molecule has 154 valence electrons. The van der Waals surface area contributed by atoms with Gasteiger partial charge >= 0.3 is 0 Å². The number of para-hydroxylation sites is 2. The molecule has 0 radical (unpaired) electrons. The van der Waals surface area contributed by atoms with Gasteiger partial charge in [-0.05, 0) is 30.5 Å². The van der Waals surface area contributed by atoms with E-state index in [4.69, 9.17) is 0 Å². The maximum absolute atomic E-state index is 12.6. The molecule has 1 fully saturated rings. The molecule has 0 bridgehead atoms. The molecule has 4 rings (SSSR count). The lowest BCUT2D eigenvalue weighted by atomic mass is 10.1. The van der Waals surface area contributed by atoms with Crippen molar-refractivity contribution >= 4 is 26.8 Å². The molecule has 1 amide bonds. The standard InChI is InChI=1S/C20H25N5O3S/c1-13(2)18-11-17(24-25(18)14-8-10-29(27,28)12-14)20(26)21-9-7-19-22-15-5-3-4-6-16(15)23-19/h3-6,11,13-14H,7-10,12H2,1-2H3,(H,21,26)(H,22,23)/t14-/m0/s1. The predicted octanol–water partition coefficient (Wildman–Crippen LogP) is 2.21. The van der Waals surface area contributed by atoms with Crippen molar-refractivity contribution in [2.75, 3.05) is 18.1 Å². The van der Waals surface area contributed by atoms with Gasteiger partial charge in [-0.2, -0.15) is 5.10 Å². The van der Waals surface area contributed by atoms with Crippen LogP contribution >= 0.6 is 0 Å². The van der Waals surface area contributed by atoms with Crippen LogP contribution in [0.1, 0.15) is 54.2 Å². The molecule has 1 aliphatic heterocycles. The van der Waals surface area contributed by atoms with Gasteiger partial charge in [0.25, 0.3) is 5.91 Å². The van der Waals surface area contributed by atoms with Crippen LogP contribution in [0.15, 0.2) is 30.3 Å². The Morgan fingerprint density at radius 2 is 2.14 bits per heavy atom. The average molecular weight is 416 g/mol. The van der Waals surface area contributed by atoms with Crippen LogP contribution < -0.4 is 5.32 Å². The number of H-pyrrole nitrogens is 1. The molecule has 1 atom stereocenters. The second-order valence-corrected chi connectivity index (χ2v) is 10.0. The number of carbonyl (C=O) groups is 1. The zero-order valence-corrected chi connectivity index (χ0v) is 17.4. The summed E-state index contributed by atoms with van der Waals surface area (Å²) in [5, 5.41) is 7.34. The molecule has 0 unspecified atom stereocenters. The van der Waals surface area contributed by atoms with E-state index >= 15 is 0 Å². The number of fused-ring (bicyclic) bond motifs is 1. The molecule has 0 aliphatic carbocycles. The predicted molar refractivity (Wildman–Crippen MR) is 111 cm³/mol. The number of aromatic nitrogens is 4. The number of carbonyl (C=O) groups excluding carboxylic acids is 1. The van der Waals surface area contributed by atoms with Gasteiger partial charge in [-0.15, -0.1) is 0 Å². The SMILES string of the molecule is CC(C)c1cc(C(=O)NCCc2nc3ccccc3[nH]2)nn1[C@H]1CCS(=O)(=O)C1. The molecule has 1 aliphatic rings. The average Bonchev–Trinajstić information content (AvgIpc) is 3.36. The summed E-state index contributed by atoms with van der Waals surface area (Å²) in [5.41, 5.74) is 3.08. The number of amides is 1. The van der Waals surface area contributed by atoms with Gasteiger partial charge in [-0.3, -0.25) is 9.48 Å². The summed E-state index contributed by atoms with van der Waals surface area (Å²) in [6.07, 6.45) is 1.12. The van der Waals surface area contributed by atoms with Crippen LogP contribution in [0, 0.1) is 0 Å². The second-order valence-electron chi connectivity index (χ2n) is 7.82. The monoisotopic (exact) mass is 415 g/mol. The smallest absolute Gasteiger partial charge is 0.271 e. The maximum atomic E-state index is 12.6. The molecule has 0 spiro atoms. The van der Waals surface area contributed by atoms with E-state index in [1.807, 2.05) is 38.1 Å². The fourth-order valence-corrected chi connectivity index (χ4v) is 5.41. The van der Waals surface area contributed by atoms with Crippen molar-refractivity contribution in [3.05, 3.63) is 47.5 Å². The Labute approximate surface area is 169 Å². The van der Waals surface area contributed by atoms with E-state index in [0.29, 0.717) is 25.1 Å². The van der Waals surface area contributed by atoms with Gasteiger partial charge in [0, 0.05) is 18.7 Å². The highest BCUT2D eigenvalue weighted by atomic mass is 32.2. The maximum Gasteiger partial charge on any atom is 0.271 e. The summed E-state index contributed by atoms with van der Waals surface area (Å²) in [6, 6.07) is 9.36. The normalized spacial score (nSPS) is 18.5. The van der Waals surface area contributed by atoms with E-state index in [9.17, 15) is 13.2 Å². The largest absolute Gasteiger partial charge is 0.350 e. The Morgan fingerprint density at radius 3 is 2.83 bits per heavy atom. The molecular formula is C20H25N5O3S. The number of nitrogens with zero attached hydrogens (tertiary/aromatic N) is 3. The first kappa shape index (κ1) is 19.6. The molecular weight excluding hydrogens is 390 g/mol. The lowest BCUT2D eigenvalue weighted by Crippen LogP contribution is -2.26. The van der Waals surface area contributed by atoms with Crippen LogP contribution in [0.2, 0.25) is 0 Å². The highest BCUT2D eigenvalue weighted by Gasteiger charge is 2.32. The van der Waals surface area contributed by atoms with Crippen LogP contribution in [0.4, 0.5) is 0 Å². The molecule has 0 saturated carbocycles. The Bertz CT molecular complexity index is 1110. The van der Waals surface area contributed by atoms with E-state index in [-0.39, 0.29) is 29.4 Å². The molecule has 2 N–H and O–H groups in total. The summed E-state index contributed by atoms with van der Waals surface area (Å²) in [7, 11) is -3.02. The van der Waals surface area contributed by atoms with Crippen LogP contribution in [0.25, 0.3) is 11.0 Å². The molecule has 3 heterocycles. The van der Waals surface area contributed by atoms with Gasteiger partial charge in [0.15, 0.2) is 9.84 Å². The minimum atomic E-state index is -3.02. The Balaban J connectivity index is 1.43. The molecule has 1 saturated heterocycles. The third kappa shape index (κ3) is 4.19. The van der Waals surface area contributed by atoms with Crippen molar-refractivity contribution < 1.29 is 13.2 Å². The zero-order chi connectivity index (χ0) is 20.6. The highest BCUT2D eigenvalue weighted by Crippen LogP contribution is 2.28. The van der Waals surface area contributed by atoms with Crippen molar-refractivity contribution in [1.82, 2.24) is 25.1 Å². The van der Waals surface area contributed by atoms with Crippen LogP contribution in [-0.2, 0) is 16.3 Å². The Kier molecular flexibility index (Phi) is 5.16. The minimum Gasteiger partial charge on any atom is -0.350 e. The zero-order valence-electron chi connectivity index (χ0n) is 16.6. The molecule has 2 aromatic heterocycles. The summed E-state index contributed by atoms with van der Waals surface area (Å²) in [4.78, 5) is 20.4. The summed E-state index contributed by atoms with van der Waals surface area (Å²) < 4.78 is 25.4. The number of sulfone groups is 1. The third-order valence-corrected chi connectivity index (χ3v) is 6.98. The van der Waals surface area contributed by atoms with Crippen molar-refractivity contribution in [2.45, 2.75) is 38.6 Å². The number of hydrogen-bond donors (Lipinski definition) is 2. The number of benzene rings is 1. The topological polar surface area (TPSA) is 110 Å². The quantitative estimate of drug-likeness (QED) is 0.641. The molecule has 9 heteroatoms. The van der Waals surface area contributed by atoms with Gasteiger partial charge in [0.2, 0.25) is 0 Å². The number of nitrogens with one attached hydrogen (secondary N) is 2. The molecule has 1 aromatic carbocycles. The van der Waals surface area contributed by atoms with Gasteiger partial charge in [0.05, 0.1) is 28.6 Å². The van der Waals surface area contributed by atoms with E-state index in [2.05, 4.69) is 20.4 Å². The highest BCUT2D eigenvalue weighted by molar-refractivity contribution is 7.91. The number of aromatic amines is 1. The van der Waals surface area contributed by atoms with Gasteiger partial charge in [0.1, 0.15) is 11.5 Å². The van der Waals surface area contributed by atoms with Crippen molar-refractivity contribution in [3.8, 4) is 0 Å². The van der Waals surface area contributed by atoms with Crippen LogP contribution in [-0.4, -0.2) is 52.1 Å². The first-order valence-corrected chi connectivity index (χ1v) is 11.7. The molecule has 8 nitrogen and oxygen atoms in total. The van der Waals surface area contributed by atoms with Crippen LogP contribution in [0.5, 0.6) is 0 Å². The van der Waals surface area contributed by atoms with E-state index in [1.165, 1.54) is 0 Å². The van der Waals surface area contributed by atoms with E-state index in [0.717, 1.165) is 22.6 Å². The summed E-state index contributed by atoms with van der Waals surface area (Å²) >= 11 is 0. The number of rotatable bonds is 6. The van der Waals surface area contributed by atoms with Crippen LogP contribution in [0.3, 0.4) is 0 Å². The lowest BCUT2D eigenvalue weighted by Gasteiger charge is -2.15. The first-order valence-electron chi connectivity index (χ1n) is 9.84. The fraction of sp³-hybridized carbons (Fsp3) is 0.450. The first-order chi connectivity index (χ1) is 13.8. The second kappa shape index (κ2) is 7.62. The third-order valence-electron chi connectivity index (χ3n) is 5.23.